The van der Waals surface area contributed by atoms with Crippen molar-refractivity contribution in [3.05, 3.63) is 59.8 Å². The van der Waals surface area contributed by atoms with E-state index in [0.717, 1.165) is 11.4 Å². The van der Waals surface area contributed by atoms with E-state index in [1.807, 2.05) is 50.2 Å². The lowest BCUT2D eigenvalue weighted by Gasteiger charge is -2.15. The third kappa shape index (κ3) is 3.71. The van der Waals surface area contributed by atoms with Crippen molar-refractivity contribution in [3.8, 4) is 5.75 Å². The zero-order chi connectivity index (χ0) is 20.3. The van der Waals surface area contributed by atoms with Crippen molar-refractivity contribution >= 4 is 28.8 Å². The molecule has 0 radical (unpaired) electrons. The molecule has 6 nitrogen and oxygen atoms in total. The van der Waals surface area contributed by atoms with Crippen LogP contribution >= 0.6 is 0 Å². The van der Waals surface area contributed by atoms with Crippen molar-refractivity contribution in [1.82, 2.24) is 4.90 Å². The van der Waals surface area contributed by atoms with Crippen LogP contribution in [-0.4, -0.2) is 44.5 Å². The van der Waals surface area contributed by atoms with E-state index >= 15 is 0 Å². The number of imide groups is 1. The molecule has 2 amide bonds. The van der Waals surface area contributed by atoms with Crippen LogP contribution in [0.4, 0.5) is 11.4 Å². The first-order valence-corrected chi connectivity index (χ1v) is 9.25. The Morgan fingerprint density at radius 2 is 1.61 bits per heavy atom. The number of ether oxygens (including phenoxy) is 1. The van der Waals surface area contributed by atoms with Gasteiger partial charge in [-0.05, 0) is 48.4 Å². The van der Waals surface area contributed by atoms with Crippen LogP contribution in [0.15, 0.2) is 54.2 Å². The van der Waals surface area contributed by atoms with Crippen molar-refractivity contribution in [2.24, 2.45) is 0 Å². The summed E-state index contributed by atoms with van der Waals surface area (Å²) < 4.78 is 5.19. The zero-order valence-corrected chi connectivity index (χ0v) is 16.7. The van der Waals surface area contributed by atoms with Crippen LogP contribution < -0.4 is 15.0 Å². The Bertz CT molecular complexity index is 900. The molecule has 2 aromatic rings. The predicted octanol–water partition coefficient (Wildman–Crippen LogP) is 3.36. The molecule has 0 unspecified atom stereocenters. The molecule has 0 spiro atoms. The summed E-state index contributed by atoms with van der Waals surface area (Å²) in [5.41, 5.74) is 3.19. The monoisotopic (exact) mass is 379 g/mol. The molecular weight excluding hydrogens is 354 g/mol. The average Bonchev–Trinajstić information content (AvgIpc) is 2.93. The number of amides is 2. The van der Waals surface area contributed by atoms with Crippen LogP contribution in [0.5, 0.6) is 5.75 Å². The van der Waals surface area contributed by atoms with Gasteiger partial charge in [-0.25, -0.2) is 0 Å². The second-order valence-corrected chi connectivity index (χ2v) is 6.81. The largest absolute Gasteiger partial charge is 0.497 e. The van der Waals surface area contributed by atoms with Crippen molar-refractivity contribution in [1.29, 1.82) is 0 Å². The molecule has 0 saturated heterocycles. The SMILES string of the molecule is CCCN1C(=O)C(Nc2ccc(N(C)C)cc2)=C(c2ccc(OC)cc2)C1=O. The molecule has 146 valence electrons. The number of benzene rings is 2. The lowest BCUT2D eigenvalue weighted by atomic mass is 10.0. The summed E-state index contributed by atoms with van der Waals surface area (Å²) in [5.74, 6) is 0.124. The van der Waals surface area contributed by atoms with Gasteiger partial charge in [-0.1, -0.05) is 19.1 Å². The summed E-state index contributed by atoms with van der Waals surface area (Å²) >= 11 is 0. The number of rotatable bonds is 7. The molecule has 1 heterocycles. The Labute approximate surface area is 165 Å². The third-order valence-electron chi connectivity index (χ3n) is 4.65. The van der Waals surface area contributed by atoms with E-state index in [-0.39, 0.29) is 11.8 Å². The fourth-order valence-corrected chi connectivity index (χ4v) is 3.13. The van der Waals surface area contributed by atoms with Crippen molar-refractivity contribution in [2.45, 2.75) is 13.3 Å². The Morgan fingerprint density at radius 1 is 0.964 bits per heavy atom. The number of carbonyl (C=O) groups excluding carboxylic acids is 2. The van der Waals surface area contributed by atoms with Gasteiger partial charge in [0, 0.05) is 32.0 Å². The number of nitrogens with zero attached hydrogens (tertiary/aromatic N) is 2. The molecule has 0 aromatic heterocycles. The molecular formula is C22H25N3O3. The Morgan fingerprint density at radius 3 is 2.14 bits per heavy atom. The van der Waals surface area contributed by atoms with Crippen LogP contribution in [0.25, 0.3) is 5.57 Å². The average molecular weight is 379 g/mol. The maximum atomic E-state index is 13.0. The maximum Gasteiger partial charge on any atom is 0.278 e. The van der Waals surface area contributed by atoms with Crippen LogP contribution in [0.2, 0.25) is 0 Å². The van der Waals surface area contributed by atoms with E-state index in [0.29, 0.717) is 35.5 Å². The van der Waals surface area contributed by atoms with Gasteiger partial charge in [-0.15, -0.1) is 0 Å². The van der Waals surface area contributed by atoms with E-state index in [1.165, 1.54) is 4.90 Å². The van der Waals surface area contributed by atoms with Gasteiger partial charge < -0.3 is 15.0 Å². The Hall–Kier alpha value is -3.28. The second kappa shape index (κ2) is 8.17. The first kappa shape index (κ1) is 19.5. The summed E-state index contributed by atoms with van der Waals surface area (Å²) in [7, 11) is 5.52. The van der Waals surface area contributed by atoms with Crippen LogP contribution in [0.3, 0.4) is 0 Å². The molecule has 0 saturated carbocycles. The van der Waals surface area contributed by atoms with Crippen LogP contribution in [0, 0.1) is 0 Å². The Kier molecular flexibility index (Phi) is 5.68. The van der Waals surface area contributed by atoms with E-state index in [1.54, 1.807) is 31.4 Å². The van der Waals surface area contributed by atoms with E-state index < -0.39 is 0 Å². The highest BCUT2D eigenvalue weighted by Gasteiger charge is 2.38. The van der Waals surface area contributed by atoms with Gasteiger partial charge in [-0.3, -0.25) is 14.5 Å². The molecule has 0 aliphatic carbocycles. The van der Waals surface area contributed by atoms with Crippen molar-refractivity contribution in [2.75, 3.05) is 38.0 Å². The van der Waals surface area contributed by atoms with Crippen molar-refractivity contribution in [3.63, 3.8) is 0 Å². The summed E-state index contributed by atoms with van der Waals surface area (Å²) in [5, 5.41) is 3.17. The fraction of sp³-hybridized carbons (Fsp3) is 0.273. The summed E-state index contributed by atoms with van der Waals surface area (Å²) in [6.45, 7) is 2.33. The predicted molar refractivity (Wildman–Crippen MR) is 111 cm³/mol. The summed E-state index contributed by atoms with van der Waals surface area (Å²) in [4.78, 5) is 29.2. The van der Waals surface area contributed by atoms with E-state index in [4.69, 9.17) is 4.74 Å². The second-order valence-electron chi connectivity index (χ2n) is 6.81. The number of nitrogens with one attached hydrogen (secondary N) is 1. The molecule has 1 aliphatic heterocycles. The highest BCUT2D eigenvalue weighted by Crippen LogP contribution is 2.31. The van der Waals surface area contributed by atoms with Gasteiger partial charge in [0.05, 0.1) is 12.7 Å². The van der Waals surface area contributed by atoms with Gasteiger partial charge in [0.15, 0.2) is 0 Å². The van der Waals surface area contributed by atoms with E-state index in [2.05, 4.69) is 5.32 Å². The molecule has 1 aliphatic rings. The minimum absolute atomic E-state index is 0.274. The number of hydrogen-bond acceptors (Lipinski definition) is 5. The standard InChI is InChI=1S/C22H25N3O3/c1-5-14-25-21(26)19(15-6-12-18(28-4)13-7-15)20(22(25)27)23-16-8-10-17(11-9-16)24(2)3/h6-13,23H,5,14H2,1-4H3. The maximum absolute atomic E-state index is 13.0. The number of anilines is 2. The molecule has 28 heavy (non-hydrogen) atoms. The Balaban J connectivity index is 2.00. The molecule has 1 N–H and O–H groups in total. The lowest BCUT2D eigenvalue weighted by Crippen LogP contribution is -2.33. The quantitative estimate of drug-likeness (QED) is 0.748. The van der Waals surface area contributed by atoms with Crippen molar-refractivity contribution < 1.29 is 14.3 Å². The van der Waals surface area contributed by atoms with Crippen LogP contribution in [-0.2, 0) is 9.59 Å². The topological polar surface area (TPSA) is 61.9 Å². The first-order chi connectivity index (χ1) is 13.5. The summed E-state index contributed by atoms with van der Waals surface area (Å²) in [6.07, 6.45) is 0.707. The van der Waals surface area contributed by atoms with Gasteiger partial charge in [-0.2, -0.15) is 0 Å². The van der Waals surface area contributed by atoms with Gasteiger partial charge >= 0.3 is 0 Å². The fourth-order valence-electron chi connectivity index (χ4n) is 3.13. The number of hydrogen-bond donors (Lipinski definition) is 1. The first-order valence-electron chi connectivity index (χ1n) is 9.25. The summed E-state index contributed by atoms with van der Waals surface area (Å²) in [6, 6.07) is 14.9. The van der Waals surface area contributed by atoms with Gasteiger partial charge in [0.1, 0.15) is 11.4 Å². The highest BCUT2D eigenvalue weighted by atomic mass is 16.5. The van der Waals surface area contributed by atoms with E-state index in [9.17, 15) is 9.59 Å². The van der Waals surface area contributed by atoms with Crippen LogP contribution in [0.1, 0.15) is 18.9 Å². The smallest absolute Gasteiger partial charge is 0.278 e. The normalized spacial score (nSPS) is 13.9. The van der Waals surface area contributed by atoms with Gasteiger partial charge in [0.25, 0.3) is 11.8 Å². The molecule has 6 heteroatoms. The number of methoxy groups -OCH3 is 1. The molecule has 0 bridgehead atoms. The molecule has 0 fully saturated rings. The number of carbonyl (C=O) groups is 2. The minimum atomic E-state index is -0.297. The third-order valence-corrected chi connectivity index (χ3v) is 4.65. The minimum Gasteiger partial charge on any atom is -0.497 e. The van der Waals surface area contributed by atoms with Gasteiger partial charge in [0.2, 0.25) is 0 Å². The molecule has 0 atom stereocenters. The molecule has 3 rings (SSSR count). The molecule has 2 aromatic carbocycles. The highest BCUT2D eigenvalue weighted by molar-refractivity contribution is 6.36. The lowest BCUT2D eigenvalue weighted by molar-refractivity contribution is -0.136. The zero-order valence-electron chi connectivity index (χ0n) is 16.7.